The average molecular weight is 416 g/mol. The van der Waals surface area contributed by atoms with Crippen LogP contribution >= 0.6 is 0 Å². The van der Waals surface area contributed by atoms with Gasteiger partial charge in [-0.1, -0.05) is 48.0 Å². The van der Waals surface area contributed by atoms with Gasteiger partial charge in [0.2, 0.25) is 0 Å². The van der Waals surface area contributed by atoms with Crippen LogP contribution in [0.25, 0.3) is 10.9 Å². The highest BCUT2D eigenvalue weighted by atomic mass is 16.5. The van der Waals surface area contributed by atoms with Crippen LogP contribution in [0.2, 0.25) is 0 Å². The number of aromatic nitrogens is 1. The molecule has 0 fully saturated rings. The Balaban J connectivity index is 1.96. The maximum absolute atomic E-state index is 12.7. The van der Waals surface area contributed by atoms with Gasteiger partial charge in [-0.25, -0.2) is 4.98 Å². The number of carbonyl (C=O) groups is 2. The Morgan fingerprint density at radius 1 is 1.13 bits per heavy atom. The van der Waals surface area contributed by atoms with E-state index < -0.39 is 17.5 Å². The number of aryl methyl sites for hydroxylation is 3. The molecule has 6 nitrogen and oxygen atoms in total. The molecule has 0 bridgehead atoms. The summed E-state index contributed by atoms with van der Waals surface area (Å²) in [5.74, 6) is -1.44. The lowest BCUT2D eigenvalue weighted by molar-refractivity contribution is -0.143. The lowest BCUT2D eigenvalue weighted by Gasteiger charge is -2.12. The van der Waals surface area contributed by atoms with E-state index in [1.165, 1.54) is 11.1 Å². The van der Waals surface area contributed by atoms with Gasteiger partial charge in [-0.3, -0.25) is 9.59 Å². The third-order valence-corrected chi connectivity index (χ3v) is 5.08. The fourth-order valence-corrected chi connectivity index (χ4v) is 3.56. The molecule has 0 atom stereocenters. The van der Waals surface area contributed by atoms with E-state index in [4.69, 9.17) is 4.74 Å². The molecule has 1 heterocycles. The van der Waals surface area contributed by atoms with Gasteiger partial charge in [-0.15, -0.1) is 0 Å². The molecule has 6 heteroatoms. The Labute approximate surface area is 181 Å². The van der Waals surface area contributed by atoms with Gasteiger partial charge in [0, 0.05) is 11.8 Å². The summed E-state index contributed by atoms with van der Waals surface area (Å²) in [5.41, 5.74) is 3.60. The summed E-state index contributed by atoms with van der Waals surface area (Å²) in [7, 11) is 0. The van der Waals surface area contributed by atoms with E-state index >= 15 is 0 Å². The first kappa shape index (κ1) is 22.0. The minimum absolute atomic E-state index is 0.0156. The van der Waals surface area contributed by atoms with Gasteiger partial charge in [-0.05, 0) is 37.8 Å². The second-order valence-electron chi connectivity index (χ2n) is 7.33. The van der Waals surface area contributed by atoms with Gasteiger partial charge in [0.25, 0.3) is 0 Å². The zero-order chi connectivity index (χ0) is 22.4. The molecule has 2 aromatic carbocycles. The number of para-hydroxylation sites is 1. The van der Waals surface area contributed by atoms with Crippen molar-refractivity contribution in [3.8, 4) is 11.8 Å². The van der Waals surface area contributed by atoms with E-state index in [2.05, 4.69) is 17.1 Å². The van der Waals surface area contributed by atoms with Crippen LogP contribution in [0.1, 0.15) is 52.5 Å². The number of hydrogen-bond acceptors (Lipinski definition) is 6. The van der Waals surface area contributed by atoms with Gasteiger partial charge in [0.1, 0.15) is 17.3 Å². The predicted octanol–water partition coefficient (Wildman–Crippen LogP) is 4.43. The molecule has 0 aliphatic rings. The van der Waals surface area contributed by atoms with Crippen molar-refractivity contribution in [3.05, 3.63) is 70.4 Å². The third-order valence-electron chi connectivity index (χ3n) is 5.08. The Bertz CT molecular complexity index is 1180. The fourth-order valence-electron chi connectivity index (χ4n) is 3.56. The SMILES string of the molecule is CCOC(=O)CCC(=O)c1nc2c(CCc3cccc(C)c3)cccc2c(C#N)c1O. The standard InChI is InChI=1S/C25H24N2O4/c1-3-31-22(29)13-12-21(28)24-25(30)20(15-26)19-9-5-8-18(23(19)27-24)11-10-17-7-4-6-16(2)14-17/h4-9,14,30H,3,10-13H2,1-2H3. The maximum atomic E-state index is 12.7. The third kappa shape index (κ3) is 5.07. The monoisotopic (exact) mass is 416 g/mol. The highest BCUT2D eigenvalue weighted by Crippen LogP contribution is 2.31. The number of fused-ring (bicyclic) bond motifs is 1. The Morgan fingerprint density at radius 2 is 1.90 bits per heavy atom. The average Bonchev–Trinajstić information content (AvgIpc) is 2.76. The highest BCUT2D eigenvalue weighted by molar-refractivity contribution is 6.02. The normalized spacial score (nSPS) is 10.6. The molecule has 3 aromatic rings. The van der Waals surface area contributed by atoms with E-state index in [9.17, 15) is 20.0 Å². The number of nitriles is 1. The first-order valence-corrected chi connectivity index (χ1v) is 10.2. The summed E-state index contributed by atoms with van der Waals surface area (Å²) in [4.78, 5) is 28.7. The Hall–Kier alpha value is -3.72. The quantitative estimate of drug-likeness (QED) is 0.431. The van der Waals surface area contributed by atoms with Crippen LogP contribution in [0, 0.1) is 18.3 Å². The summed E-state index contributed by atoms with van der Waals surface area (Å²) >= 11 is 0. The number of pyridine rings is 1. The molecular formula is C25H24N2O4. The van der Waals surface area contributed by atoms with Crippen molar-refractivity contribution in [2.75, 3.05) is 6.61 Å². The highest BCUT2D eigenvalue weighted by Gasteiger charge is 2.22. The molecule has 0 spiro atoms. The summed E-state index contributed by atoms with van der Waals surface area (Å²) in [6, 6.07) is 15.7. The molecule has 0 saturated carbocycles. The van der Waals surface area contributed by atoms with E-state index in [0.717, 1.165) is 12.0 Å². The smallest absolute Gasteiger partial charge is 0.306 e. The largest absolute Gasteiger partial charge is 0.504 e. The van der Waals surface area contributed by atoms with Crippen molar-refractivity contribution in [1.29, 1.82) is 5.26 Å². The number of esters is 1. The summed E-state index contributed by atoms with van der Waals surface area (Å²) < 4.78 is 4.85. The lowest BCUT2D eigenvalue weighted by Crippen LogP contribution is -2.10. The lowest BCUT2D eigenvalue weighted by atomic mass is 9.97. The molecule has 0 saturated heterocycles. The summed E-state index contributed by atoms with van der Waals surface area (Å²) in [6.07, 6.45) is 1.18. The van der Waals surface area contributed by atoms with Gasteiger partial charge >= 0.3 is 5.97 Å². The van der Waals surface area contributed by atoms with Crippen LogP contribution in [0.5, 0.6) is 5.75 Å². The number of aromatic hydroxyl groups is 1. The van der Waals surface area contributed by atoms with Gasteiger partial charge in [0.15, 0.2) is 11.5 Å². The van der Waals surface area contributed by atoms with Crippen molar-refractivity contribution < 1.29 is 19.4 Å². The molecule has 31 heavy (non-hydrogen) atoms. The molecule has 0 radical (unpaired) electrons. The van der Waals surface area contributed by atoms with E-state index in [-0.39, 0.29) is 30.7 Å². The summed E-state index contributed by atoms with van der Waals surface area (Å²) in [6.45, 7) is 3.96. The van der Waals surface area contributed by atoms with Gasteiger partial charge in [-0.2, -0.15) is 5.26 Å². The van der Waals surface area contributed by atoms with Crippen LogP contribution in [0.3, 0.4) is 0 Å². The molecule has 0 amide bonds. The van der Waals surface area contributed by atoms with Crippen molar-refractivity contribution in [1.82, 2.24) is 4.98 Å². The molecule has 158 valence electrons. The fraction of sp³-hybridized carbons (Fsp3) is 0.280. The number of rotatable bonds is 8. The number of ether oxygens (including phenoxy) is 1. The van der Waals surface area contributed by atoms with E-state index in [1.54, 1.807) is 13.0 Å². The number of hydrogen-bond donors (Lipinski definition) is 1. The second kappa shape index (κ2) is 9.86. The second-order valence-corrected chi connectivity index (χ2v) is 7.33. The first-order valence-electron chi connectivity index (χ1n) is 10.2. The zero-order valence-corrected chi connectivity index (χ0v) is 17.6. The molecule has 0 aliphatic carbocycles. The van der Waals surface area contributed by atoms with Crippen LogP contribution in [0.4, 0.5) is 0 Å². The zero-order valence-electron chi connectivity index (χ0n) is 17.6. The molecule has 1 N–H and O–H groups in total. The van der Waals surface area contributed by atoms with Crippen LogP contribution in [-0.2, 0) is 22.4 Å². The van der Waals surface area contributed by atoms with Crippen LogP contribution < -0.4 is 0 Å². The molecule has 1 aromatic heterocycles. The number of ketones is 1. The van der Waals surface area contributed by atoms with E-state index in [0.29, 0.717) is 17.3 Å². The number of benzene rings is 2. The molecule has 0 unspecified atom stereocenters. The number of nitrogens with zero attached hydrogens (tertiary/aromatic N) is 2. The number of Topliss-reactive ketones (excluding diaryl/α,β-unsaturated/α-hetero) is 1. The minimum atomic E-state index is -0.502. The first-order chi connectivity index (χ1) is 14.9. The Morgan fingerprint density at radius 3 is 2.61 bits per heavy atom. The topological polar surface area (TPSA) is 100 Å². The number of carbonyl (C=O) groups excluding carboxylic acids is 2. The van der Waals surface area contributed by atoms with Crippen molar-refractivity contribution >= 4 is 22.7 Å². The van der Waals surface area contributed by atoms with Crippen molar-refractivity contribution in [2.45, 2.75) is 39.5 Å². The molecular weight excluding hydrogens is 392 g/mol. The van der Waals surface area contributed by atoms with Gasteiger partial charge < -0.3 is 9.84 Å². The van der Waals surface area contributed by atoms with Crippen molar-refractivity contribution in [3.63, 3.8) is 0 Å². The molecule has 3 rings (SSSR count). The summed E-state index contributed by atoms with van der Waals surface area (Å²) in [5, 5.41) is 20.7. The van der Waals surface area contributed by atoms with Crippen LogP contribution in [-0.4, -0.2) is 28.4 Å². The predicted molar refractivity (Wildman–Crippen MR) is 117 cm³/mol. The van der Waals surface area contributed by atoms with Crippen LogP contribution in [0.15, 0.2) is 42.5 Å². The maximum Gasteiger partial charge on any atom is 0.306 e. The van der Waals surface area contributed by atoms with E-state index in [1.807, 2.05) is 37.3 Å². The van der Waals surface area contributed by atoms with Crippen molar-refractivity contribution in [2.24, 2.45) is 0 Å². The molecule has 0 aliphatic heterocycles. The van der Waals surface area contributed by atoms with Gasteiger partial charge in [0.05, 0.1) is 18.5 Å². The Kier molecular flexibility index (Phi) is 6.99. The minimum Gasteiger partial charge on any atom is -0.504 e.